The van der Waals surface area contributed by atoms with Crippen molar-refractivity contribution in [3.63, 3.8) is 0 Å². The molecule has 0 saturated carbocycles. The molecule has 1 atom stereocenters. The van der Waals surface area contributed by atoms with Gasteiger partial charge in [-0.25, -0.2) is 8.78 Å². The van der Waals surface area contributed by atoms with Crippen LogP contribution in [0.2, 0.25) is 0 Å². The van der Waals surface area contributed by atoms with Crippen LogP contribution in [0.3, 0.4) is 0 Å². The van der Waals surface area contributed by atoms with Gasteiger partial charge in [0.2, 0.25) is 0 Å². The summed E-state index contributed by atoms with van der Waals surface area (Å²) in [6.07, 6.45) is 0.110. The number of benzene rings is 1. The van der Waals surface area contributed by atoms with Crippen LogP contribution in [0.5, 0.6) is 0 Å². The zero-order valence-electron chi connectivity index (χ0n) is 7.76. The van der Waals surface area contributed by atoms with E-state index in [-0.39, 0.29) is 13.0 Å². The Balaban J connectivity index is 2.37. The molecule has 0 spiro atoms. The van der Waals surface area contributed by atoms with Crippen molar-refractivity contribution in [2.45, 2.75) is 19.0 Å². The summed E-state index contributed by atoms with van der Waals surface area (Å²) in [7, 11) is 0. The van der Waals surface area contributed by atoms with Crippen molar-refractivity contribution >= 4 is 5.97 Å². The third-order valence-electron chi connectivity index (χ3n) is 2.50. The molecule has 3 nitrogen and oxygen atoms in total. The number of hydrogen-bond donors (Lipinski definition) is 2. The highest BCUT2D eigenvalue weighted by molar-refractivity contribution is 5.74. The molecule has 80 valence electrons. The fraction of sp³-hybridized carbons (Fsp3) is 0.300. The second-order valence-electron chi connectivity index (χ2n) is 3.50. The van der Waals surface area contributed by atoms with Gasteiger partial charge in [0.15, 0.2) is 0 Å². The number of fused-ring (bicyclic) bond motifs is 1. The number of halogens is 2. The maximum absolute atomic E-state index is 13.2. The second kappa shape index (κ2) is 3.58. The molecule has 0 fully saturated rings. The molecule has 0 amide bonds. The van der Waals surface area contributed by atoms with E-state index in [0.29, 0.717) is 11.1 Å². The summed E-state index contributed by atoms with van der Waals surface area (Å²) < 4.78 is 26.1. The van der Waals surface area contributed by atoms with Crippen molar-refractivity contribution in [1.29, 1.82) is 0 Å². The minimum absolute atomic E-state index is 0.110. The smallest absolute Gasteiger partial charge is 0.321 e. The van der Waals surface area contributed by atoms with Gasteiger partial charge < -0.3 is 5.11 Å². The standard InChI is InChI=1S/C10H9F2NO2/c11-6-1-5-2-9(10(14)15)13-4-7(5)8(12)3-6/h1,3,9,13H,2,4H2,(H,14,15)/t9-/m1/s1. The minimum Gasteiger partial charge on any atom is -0.480 e. The summed E-state index contributed by atoms with van der Waals surface area (Å²) in [5.74, 6) is -2.30. The monoisotopic (exact) mass is 213 g/mol. The summed E-state index contributed by atoms with van der Waals surface area (Å²) in [6, 6.07) is 1.23. The number of carboxylic acids is 1. The van der Waals surface area contributed by atoms with E-state index < -0.39 is 23.6 Å². The highest BCUT2D eigenvalue weighted by Crippen LogP contribution is 2.21. The molecular weight excluding hydrogens is 204 g/mol. The quantitative estimate of drug-likeness (QED) is 0.733. The topological polar surface area (TPSA) is 49.3 Å². The largest absolute Gasteiger partial charge is 0.480 e. The Morgan fingerprint density at radius 3 is 2.87 bits per heavy atom. The van der Waals surface area contributed by atoms with Crippen LogP contribution in [0.4, 0.5) is 8.78 Å². The van der Waals surface area contributed by atoms with E-state index in [1.54, 1.807) is 0 Å². The lowest BCUT2D eigenvalue weighted by Gasteiger charge is -2.23. The lowest BCUT2D eigenvalue weighted by Crippen LogP contribution is -2.42. The number of carbonyl (C=O) groups is 1. The van der Waals surface area contributed by atoms with Crippen molar-refractivity contribution < 1.29 is 18.7 Å². The number of nitrogens with one attached hydrogen (secondary N) is 1. The first kappa shape index (κ1) is 10.0. The second-order valence-corrected chi connectivity index (χ2v) is 3.50. The predicted molar refractivity (Wildman–Crippen MR) is 48.3 cm³/mol. The van der Waals surface area contributed by atoms with Gasteiger partial charge in [-0.15, -0.1) is 0 Å². The Morgan fingerprint density at radius 1 is 1.47 bits per heavy atom. The number of aliphatic carboxylic acids is 1. The summed E-state index contributed by atoms with van der Waals surface area (Å²) in [4.78, 5) is 10.7. The third kappa shape index (κ3) is 1.83. The van der Waals surface area contributed by atoms with Gasteiger partial charge >= 0.3 is 5.97 Å². The lowest BCUT2D eigenvalue weighted by atomic mass is 9.95. The molecule has 0 saturated heterocycles. The van der Waals surface area contributed by atoms with E-state index in [1.165, 1.54) is 6.07 Å². The van der Waals surface area contributed by atoms with Crippen LogP contribution < -0.4 is 5.32 Å². The van der Waals surface area contributed by atoms with Gasteiger partial charge in [0.1, 0.15) is 17.7 Å². The molecule has 0 bridgehead atoms. The van der Waals surface area contributed by atoms with E-state index in [4.69, 9.17) is 5.11 Å². The molecular formula is C10H9F2NO2. The van der Waals surface area contributed by atoms with Gasteiger partial charge in [-0.2, -0.15) is 0 Å². The Labute approximate surface area is 84.7 Å². The predicted octanol–water partition coefficient (Wildman–Crippen LogP) is 1.06. The molecule has 1 heterocycles. The van der Waals surface area contributed by atoms with Crippen LogP contribution in [0, 0.1) is 11.6 Å². The Morgan fingerprint density at radius 2 is 2.20 bits per heavy atom. The average Bonchev–Trinajstić information content (AvgIpc) is 2.16. The molecule has 1 aromatic carbocycles. The SMILES string of the molecule is O=C(O)[C@H]1Cc2cc(F)cc(F)c2CN1. The molecule has 0 radical (unpaired) electrons. The highest BCUT2D eigenvalue weighted by Gasteiger charge is 2.25. The van der Waals surface area contributed by atoms with Gasteiger partial charge in [-0.3, -0.25) is 10.1 Å². The van der Waals surface area contributed by atoms with Gasteiger partial charge in [-0.1, -0.05) is 0 Å². The number of carboxylic acid groups (broad SMARTS) is 1. The maximum atomic E-state index is 13.2. The van der Waals surface area contributed by atoms with E-state index >= 15 is 0 Å². The first-order chi connectivity index (χ1) is 7.08. The van der Waals surface area contributed by atoms with Crippen molar-refractivity contribution in [2.75, 3.05) is 0 Å². The van der Waals surface area contributed by atoms with Gasteiger partial charge in [-0.05, 0) is 18.1 Å². The molecule has 2 N–H and O–H groups in total. The highest BCUT2D eigenvalue weighted by atomic mass is 19.1. The van der Waals surface area contributed by atoms with Gasteiger partial charge in [0, 0.05) is 18.2 Å². The molecule has 0 aromatic heterocycles. The van der Waals surface area contributed by atoms with Gasteiger partial charge in [0.05, 0.1) is 0 Å². The van der Waals surface area contributed by atoms with Crippen molar-refractivity contribution in [3.05, 3.63) is 34.9 Å². The van der Waals surface area contributed by atoms with Crippen LogP contribution in [0.15, 0.2) is 12.1 Å². The Kier molecular flexibility index (Phi) is 2.40. The van der Waals surface area contributed by atoms with Crippen LogP contribution in [0.1, 0.15) is 11.1 Å². The van der Waals surface area contributed by atoms with Crippen molar-refractivity contribution in [2.24, 2.45) is 0 Å². The van der Waals surface area contributed by atoms with Crippen molar-refractivity contribution in [1.82, 2.24) is 5.32 Å². The van der Waals surface area contributed by atoms with Crippen molar-refractivity contribution in [3.8, 4) is 0 Å². The Hall–Kier alpha value is -1.49. The molecule has 1 aromatic rings. The van der Waals surface area contributed by atoms with Crippen LogP contribution in [-0.4, -0.2) is 17.1 Å². The molecule has 1 aliphatic heterocycles. The average molecular weight is 213 g/mol. The summed E-state index contributed by atoms with van der Waals surface area (Å²) >= 11 is 0. The summed E-state index contributed by atoms with van der Waals surface area (Å²) in [5.41, 5.74) is 0.785. The molecule has 1 aliphatic rings. The van der Waals surface area contributed by atoms with E-state index in [9.17, 15) is 13.6 Å². The van der Waals surface area contributed by atoms with Crippen LogP contribution >= 0.6 is 0 Å². The van der Waals surface area contributed by atoms with Crippen LogP contribution in [-0.2, 0) is 17.8 Å². The number of rotatable bonds is 1. The minimum atomic E-state index is -1.01. The normalized spacial score (nSPS) is 19.7. The summed E-state index contributed by atoms with van der Waals surface area (Å²) in [5, 5.41) is 11.4. The molecule has 2 rings (SSSR count). The first-order valence-electron chi connectivity index (χ1n) is 4.51. The molecule has 0 unspecified atom stereocenters. The fourth-order valence-electron chi connectivity index (χ4n) is 1.73. The molecule has 15 heavy (non-hydrogen) atoms. The van der Waals surface area contributed by atoms with E-state index in [0.717, 1.165) is 6.07 Å². The maximum Gasteiger partial charge on any atom is 0.321 e. The van der Waals surface area contributed by atoms with Crippen LogP contribution in [0.25, 0.3) is 0 Å². The zero-order chi connectivity index (χ0) is 11.0. The third-order valence-corrected chi connectivity index (χ3v) is 2.50. The first-order valence-corrected chi connectivity index (χ1v) is 4.51. The molecule has 5 heteroatoms. The lowest BCUT2D eigenvalue weighted by molar-refractivity contribution is -0.139. The zero-order valence-corrected chi connectivity index (χ0v) is 7.76. The number of hydrogen-bond acceptors (Lipinski definition) is 2. The van der Waals surface area contributed by atoms with Gasteiger partial charge in [0.25, 0.3) is 0 Å². The van der Waals surface area contributed by atoms with E-state index in [2.05, 4.69) is 5.32 Å². The fourth-order valence-corrected chi connectivity index (χ4v) is 1.73. The van der Waals surface area contributed by atoms with E-state index in [1.807, 2.05) is 0 Å². The summed E-state index contributed by atoms with van der Waals surface area (Å²) in [6.45, 7) is 0.123. The Bertz CT molecular complexity index is 420. The molecule has 0 aliphatic carbocycles.